The highest BCUT2D eigenvalue weighted by atomic mass is 16.2. The summed E-state index contributed by atoms with van der Waals surface area (Å²) in [6, 6.07) is 4.25. The molecule has 0 aliphatic heterocycles. The van der Waals surface area contributed by atoms with Crippen LogP contribution in [0.3, 0.4) is 0 Å². The molecule has 2 amide bonds. The molecule has 0 spiro atoms. The second-order valence-electron chi connectivity index (χ2n) is 7.83. The van der Waals surface area contributed by atoms with Gasteiger partial charge in [-0.15, -0.1) is 0 Å². The number of nitrogens with zero attached hydrogens (tertiary/aromatic N) is 3. The molecule has 1 aromatic heterocycles. The predicted octanol–water partition coefficient (Wildman–Crippen LogP) is 2.80. The number of rotatable bonds is 8. The van der Waals surface area contributed by atoms with Crippen LogP contribution < -0.4 is 5.32 Å². The van der Waals surface area contributed by atoms with Crippen molar-refractivity contribution in [3.63, 3.8) is 0 Å². The molecule has 6 nitrogen and oxygen atoms in total. The minimum atomic E-state index is -0.435. The summed E-state index contributed by atoms with van der Waals surface area (Å²) in [6.07, 6.45) is 4.70. The summed E-state index contributed by atoms with van der Waals surface area (Å²) >= 11 is 0. The van der Waals surface area contributed by atoms with E-state index < -0.39 is 5.91 Å². The fourth-order valence-corrected chi connectivity index (χ4v) is 3.00. The van der Waals surface area contributed by atoms with Crippen molar-refractivity contribution in [2.75, 3.05) is 13.6 Å². The zero-order valence-corrected chi connectivity index (χ0v) is 17.0. The van der Waals surface area contributed by atoms with Crippen LogP contribution in [0.1, 0.15) is 50.1 Å². The molecule has 2 rings (SSSR count). The highest BCUT2D eigenvalue weighted by Gasteiger charge is 2.25. The Labute approximate surface area is 161 Å². The van der Waals surface area contributed by atoms with E-state index in [1.807, 2.05) is 26.0 Å². The van der Waals surface area contributed by atoms with E-state index in [0.717, 1.165) is 42.8 Å². The maximum Gasteiger partial charge on any atom is 0.264 e. The first-order chi connectivity index (χ1) is 12.7. The Morgan fingerprint density at radius 3 is 2.63 bits per heavy atom. The Balaban J connectivity index is 2.12. The molecule has 146 valence electrons. The van der Waals surface area contributed by atoms with Crippen LogP contribution in [0.4, 0.5) is 0 Å². The van der Waals surface area contributed by atoms with Gasteiger partial charge >= 0.3 is 0 Å². The van der Waals surface area contributed by atoms with Crippen LogP contribution in [-0.4, -0.2) is 40.9 Å². The molecule has 27 heavy (non-hydrogen) atoms. The Hall–Kier alpha value is -2.55. The first-order valence-corrected chi connectivity index (χ1v) is 9.56. The van der Waals surface area contributed by atoms with Gasteiger partial charge in [0.25, 0.3) is 5.91 Å². The SMILES string of the molecule is Cc1cc(/C=C(/C#N)C(=O)N(C)CC(=O)NC2CC2)c(C)n1CCC(C)C. The molecule has 0 saturated heterocycles. The smallest absolute Gasteiger partial charge is 0.264 e. The number of hydrogen-bond donors (Lipinski definition) is 1. The van der Waals surface area contributed by atoms with Gasteiger partial charge in [0.1, 0.15) is 11.6 Å². The van der Waals surface area contributed by atoms with Crippen LogP contribution >= 0.6 is 0 Å². The third-order valence-corrected chi connectivity index (χ3v) is 4.86. The molecule has 0 aromatic carbocycles. The molecule has 1 heterocycles. The number of likely N-dealkylation sites (N-methyl/N-ethyl adjacent to an activating group) is 1. The fraction of sp³-hybridized carbons (Fsp3) is 0.571. The number of nitriles is 1. The molecule has 6 heteroatoms. The van der Waals surface area contributed by atoms with Gasteiger partial charge < -0.3 is 14.8 Å². The Morgan fingerprint density at radius 2 is 2.07 bits per heavy atom. The standard InChI is InChI=1S/C21H30N4O2/c1-14(2)8-9-25-15(3)10-17(16(25)4)11-18(12-22)21(27)24(5)13-20(26)23-19-6-7-19/h10-11,14,19H,6-9,13H2,1-5H3,(H,23,26)/b18-11-. The molecule has 1 fully saturated rings. The Bertz CT molecular complexity index is 779. The van der Waals surface area contributed by atoms with Crippen molar-refractivity contribution in [1.82, 2.24) is 14.8 Å². The summed E-state index contributed by atoms with van der Waals surface area (Å²) < 4.78 is 2.22. The fourth-order valence-electron chi connectivity index (χ4n) is 3.00. The van der Waals surface area contributed by atoms with Crippen molar-refractivity contribution in [3.05, 3.63) is 28.6 Å². The molecule has 0 bridgehead atoms. The second kappa shape index (κ2) is 8.90. The van der Waals surface area contributed by atoms with Gasteiger partial charge in [0.15, 0.2) is 0 Å². The van der Waals surface area contributed by atoms with E-state index in [0.29, 0.717) is 5.92 Å². The lowest BCUT2D eigenvalue weighted by molar-refractivity contribution is -0.131. The largest absolute Gasteiger partial charge is 0.352 e. The first-order valence-electron chi connectivity index (χ1n) is 9.56. The van der Waals surface area contributed by atoms with Crippen molar-refractivity contribution >= 4 is 17.9 Å². The topological polar surface area (TPSA) is 78.1 Å². The number of aryl methyl sites for hydroxylation is 1. The van der Waals surface area contributed by atoms with Gasteiger partial charge in [-0.1, -0.05) is 13.8 Å². The van der Waals surface area contributed by atoms with Gasteiger partial charge in [0.05, 0.1) is 6.54 Å². The van der Waals surface area contributed by atoms with Crippen LogP contribution in [-0.2, 0) is 16.1 Å². The van der Waals surface area contributed by atoms with Gasteiger partial charge in [-0.2, -0.15) is 5.26 Å². The van der Waals surface area contributed by atoms with Crippen molar-refractivity contribution < 1.29 is 9.59 Å². The number of amides is 2. The Morgan fingerprint density at radius 1 is 1.41 bits per heavy atom. The van der Waals surface area contributed by atoms with Gasteiger partial charge in [-0.3, -0.25) is 9.59 Å². The van der Waals surface area contributed by atoms with E-state index in [4.69, 9.17) is 0 Å². The van der Waals surface area contributed by atoms with Gasteiger partial charge in [-0.25, -0.2) is 0 Å². The molecule has 1 aliphatic carbocycles. The van der Waals surface area contributed by atoms with E-state index in [1.165, 1.54) is 4.90 Å². The summed E-state index contributed by atoms with van der Waals surface area (Å²) in [5, 5.41) is 12.3. The highest BCUT2D eigenvalue weighted by molar-refractivity contribution is 6.03. The lowest BCUT2D eigenvalue weighted by Crippen LogP contribution is -2.39. The number of carbonyl (C=O) groups excluding carboxylic acids is 2. The van der Waals surface area contributed by atoms with Crippen LogP contribution in [0.2, 0.25) is 0 Å². The zero-order chi connectivity index (χ0) is 20.1. The molecule has 1 aromatic rings. The monoisotopic (exact) mass is 370 g/mol. The average Bonchev–Trinajstić information content (AvgIpc) is 3.36. The third-order valence-electron chi connectivity index (χ3n) is 4.86. The van der Waals surface area contributed by atoms with Crippen molar-refractivity contribution in [2.24, 2.45) is 5.92 Å². The van der Waals surface area contributed by atoms with E-state index in [1.54, 1.807) is 13.1 Å². The normalized spacial score (nSPS) is 14.2. The summed E-state index contributed by atoms with van der Waals surface area (Å²) in [6.45, 7) is 9.30. The molecular weight excluding hydrogens is 340 g/mol. The quantitative estimate of drug-likeness (QED) is 0.564. The maximum atomic E-state index is 12.6. The highest BCUT2D eigenvalue weighted by Crippen LogP contribution is 2.20. The summed E-state index contributed by atoms with van der Waals surface area (Å²) in [7, 11) is 1.55. The molecular formula is C21H30N4O2. The van der Waals surface area contributed by atoms with Crippen molar-refractivity contribution in [1.29, 1.82) is 5.26 Å². The summed E-state index contributed by atoms with van der Waals surface area (Å²) in [5.74, 6) is -0.00944. The van der Waals surface area contributed by atoms with Crippen LogP contribution in [0.15, 0.2) is 11.6 Å². The molecule has 1 aliphatic rings. The van der Waals surface area contributed by atoms with Crippen LogP contribution in [0.5, 0.6) is 0 Å². The number of hydrogen-bond acceptors (Lipinski definition) is 3. The lowest BCUT2D eigenvalue weighted by Gasteiger charge is -2.16. The maximum absolute atomic E-state index is 12.6. The number of carbonyl (C=O) groups is 2. The predicted molar refractivity (Wildman–Crippen MR) is 106 cm³/mol. The third kappa shape index (κ3) is 5.72. The van der Waals surface area contributed by atoms with Gasteiger partial charge in [0, 0.05) is 31.0 Å². The van der Waals surface area contributed by atoms with E-state index in [-0.39, 0.29) is 24.1 Å². The van der Waals surface area contributed by atoms with Crippen LogP contribution in [0.25, 0.3) is 6.08 Å². The van der Waals surface area contributed by atoms with Crippen molar-refractivity contribution in [2.45, 2.75) is 59.5 Å². The van der Waals surface area contributed by atoms with E-state index in [9.17, 15) is 14.9 Å². The average molecular weight is 370 g/mol. The number of aromatic nitrogens is 1. The lowest BCUT2D eigenvalue weighted by atomic mass is 10.1. The summed E-state index contributed by atoms with van der Waals surface area (Å²) in [4.78, 5) is 25.8. The number of nitrogens with one attached hydrogen (secondary N) is 1. The second-order valence-corrected chi connectivity index (χ2v) is 7.83. The Kier molecular flexibility index (Phi) is 6.84. The zero-order valence-electron chi connectivity index (χ0n) is 17.0. The minimum absolute atomic E-state index is 0.0399. The van der Waals surface area contributed by atoms with E-state index >= 15 is 0 Å². The molecule has 0 radical (unpaired) electrons. The molecule has 0 unspecified atom stereocenters. The minimum Gasteiger partial charge on any atom is -0.352 e. The van der Waals surface area contributed by atoms with Crippen molar-refractivity contribution in [3.8, 4) is 6.07 Å². The molecule has 0 atom stereocenters. The van der Waals surface area contributed by atoms with Crippen LogP contribution in [0, 0.1) is 31.1 Å². The summed E-state index contributed by atoms with van der Waals surface area (Å²) in [5.41, 5.74) is 3.07. The first kappa shape index (κ1) is 20.8. The van der Waals surface area contributed by atoms with Gasteiger partial charge in [-0.05, 0) is 56.7 Å². The molecule has 1 saturated carbocycles. The molecule has 1 N–H and O–H groups in total. The van der Waals surface area contributed by atoms with Gasteiger partial charge in [0.2, 0.25) is 5.91 Å². The van der Waals surface area contributed by atoms with E-state index in [2.05, 4.69) is 23.7 Å².